The number of piperidine rings is 2. The van der Waals surface area contributed by atoms with E-state index in [-0.39, 0.29) is 11.9 Å². The summed E-state index contributed by atoms with van der Waals surface area (Å²) in [5.74, 6) is 1.54. The molecule has 1 amide bonds. The van der Waals surface area contributed by atoms with Crippen molar-refractivity contribution in [2.45, 2.75) is 50.2 Å². The number of anilines is 5. The van der Waals surface area contributed by atoms with Crippen LogP contribution in [-0.4, -0.2) is 91.7 Å². The fourth-order valence-electron chi connectivity index (χ4n) is 7.01. The van der Waals surface area contributed by atoms with Crippen LogP contribution in [-0.2, 0) is 9.63 Å². The van der Waals surface area contributed by atoms with Gasteiger partial charge in [-0.25, -0.2) is 15.0 Å². The third-order valence-electron chi connectivity index (χ3n) is 9.59. The van der Waals surface area contributed by atoms with Crippen LogP contribution in [0, 0.1) is 0 Å². The van der Waals surface area contributed by atoms with Crippen molar-refractivity contribution in [1.82, 2.24) is 19.8 Å². The second-order valence-corrected chi connectivity index (χ2v) is 13.1. The van der Waals surface area contributed by atoms with Gasteiger partial charge in [0.1, 0.15) is 17.9 Å². The second-order valence-electron chi connectivity index (χ2n) is 12.6. The zero-order chi connectivity index (χ0) is 32.9. The Bertz CT molecular complexity index is 1560. The number of halogens is 1. The summed E-state index contributed by atoms with van der Waals surface area (Å²) in [6.45, 7) is 8.32. The van der Waals surface area contributed by atoms with Crippen LogP contribution in [0.5, 0.6) is 5.75 Å². The Morgan fingerprint density at radius 1 is 1.04 bits per heavy atom. The highest BCUT2D eigenvalue weighted by Crippen LogP contribution is 2.41. The van der Waals surface area contributed by atoms with Crippen LogP contribution in [0.2, 0.25) is 5.02 Å². The van der Waals surface area contributed by atoms with E-state index in [4.69, 9.17) is 21.2 Å². The Kier molecular flexibility index (Phi) is 10.5. The van der Waals surface area contributed by atoms with E-state index < -0.39 is 0 Å². The summed E-state index contributed by atoms with van der Waals surface area (Å²) in [5.41, 5.74) is 3.32. The lowest BCUT2D eigenvalue weighted by Crippen LogP contribution is -2.50. The van der Waals surface area contributed by atoms with Gasteiger partial charge in [0.2, 0.25) is 5.91 Å². The number of hydroxylamine groups is 1. The molecule has 11 nitrogen and oxygen atoms in total. The average Bonchev–Trinajstić information content (AvgIpc) is 3.59. The van der Waals surface area contributed by atoms with Gasteiger partial charge in [-0.3, -0.25) is 9.63 Å². The number of carbonyl (C=O) groups excluding carboxylic acids is 1. The number of nitrogens with one attached hydrogen (secondary N) is 2. The maximum atomic E-state index is 12.6. The third-order valence-corrected chi connectivity index (χ3v) is 9.83. The number of nitrogens with zero attached hydrogens (tertiary/aromatic N) is 6. The van der Waals surface area contributed by atoms with Crippen LogP contribution in [0.4, 0.5) is 28.7 Å². The first kappa shape index (κ1) is 33.0. The summed E-state index contributed by atoms with van der Waals surface area (Å²) >= 11 is 6.28. The Hall–Kier alpha value is -3.90. The van der Waals surface area contributed by atoms with Gasteiger partial charge in [-0.1, -0.05) is 30.3 Å². The van der Waals surface area contributed by atoms with Crippen LogP contribution in [0.1, 0.15) is 43.7 Å². The van der Waals surface area contributed by atoms with Crippen molar-refractivity contribution in [3.8, 4) is 5.75 Å². The van der Waals surface area contributed by atoms with E-state index in [0.717, 1.165) is 56.7 Å². The Morgan fingerprint density at radius 3 is 2.53 bits per heavy atom. The quantitative estimate of drug-likeness (QED) is 0.257. The molecule has 2 aromatic carbocycles. The molecule has 6 rings (SSSR count). The van der Waals surface area contributed by atoms with Crippen LogP contribution < -0.4 is 25.3 Å². The summed E-state index contributed by atoms with van der Waals surface area (Å²) in [6, 6.07) is 14.8. The fourth-order valence-corrected chi connectivity index (χ4v) is 7.20. The molecule has 12 heteroatoms. The fraction of sp³-hybridized carbons (Fsp3) is 0.457. The molecule has 47 heavy (non-hydrogen) atoms. The molecule has 3 aliphatic heterocycles. The van der Waals surface area contributed by atoms with Crippen molar-refractivity contribution in [3.05, 3.63) is 72.0 Å². The van der Waals surface area contributed by atoms with E-state index in [1.807, 2.05) is 47.5 Å². The van der Waals surface area contributed by atoms with Gasteiger partial charge in [-0.05, 0) is 82.7 Å². The molecule has 0 saturated carbocycles. The number of hydrogen-bond acceptors (Lipinski definition) is 10. The monoisotopic (exact) mass is 660 g/mol. The minimum absolute atomic E-state index is 0.0278. The molecule has 3 aliphatic rings. The number of ether oxygens (including phenoxy) is 1. The summed E-state index contributed by atoms with van der Waals surface area (Å²) < 4.78 is 5.87. The molecular formula is C35H45ClN8O3. The second kappa shape index (κ2) is 14.9. The molecule has 0 bridgehead atoms. The van der Waals surface area contributed by atoms with Crippen LogP contribution in [0.15, 0.2) is 61.4 Å². The first-order chi connectivity index (χ1) is 22.8. The molecule has 0 unspecified atom stereocenters. The molecule has 1 atom stereocenters. The maximum absolute atomic E-state index is 12.6. The molecular weight excluding hydrogens is 616 g/mol. The molecule has 0 spiro atoms. The molecule has 3 aromatic rings. The number of hydrogen-bond donors (Lipinski definition) is 2. The largest absolute Gasteiger partial charge is 0.494 e. The van der Waals surface area contributed by atoms with Gasteiger partial charge in [-0.15, -0.1) is 0 Å². The maximum Gasteiger partial charge on any atom is 0.247 e. The summed E-state index contributed by atoms with van der Waals surface area (Å²) in [5, 5.41) is 8.91. The smallest absolute Gasteiger partial charge is 0.247 e. The van der Waals surface area contributed by atoms with Gasteiger partial charge in [0.25, 0.3) is 0 Å². The van der Waals surface area contributed by atoms with E-state index in [9.17, 15) is 4.79 Å². The van der Waals surface area contributed by atoms with Gasteiger partial charge in [0.05, 0.1) is 36.8 Å². The third kappa shape index (κ3) is 7.65. The van der Waals surface area contributed by atoms with Gasteiger partial charge >= 0.3 is 0 Å². The first-order valence-corrected chi connectivity index (χ1v) is 16.8. The van der Waals surface area contributed by atoms with E-state index in [1.165, 1.54) is 25.2 Å². The van der Waals surface area contributed by atoms with Gasteiger partial charge < -0.3 is 30.1 Å². The molecule has 250 valence electrons. The minimum atomic E-state index is -0.274. The normalized spacial score (nSPS) is 19.6. The molecule has 0 aliphatic carbocycles. The van der Waals surface area contributed by atoms with Crippen molar-refractivity contribution in [2.75, 3.05) is 74.6 Å². The zero-order valence-corrected chi connectivity index (χ0v) is 28.2. The number of benzene rings is 2. The van der Waals surface area contributed by atoms with Crippen LogP contribution >= 0.6 is 11.6 Å². The minimum Gasteiger partial charge on any atom is -0.494 e. The SMILES string of the molecule is C=CC(=O)Nc1cc(Nc2cc(N3OCC[C@@H]3c3cccc(Cl)c3)ncn2)c(OC)cc1N1CCC(N2CCC(N(C)C)CC2)CC1. The number of likely N-dealkylation sites (tertiary alicyclic amines) is 1. The topological polar surface area (TPSA) is 98.3 Å². The van der Waals surface area contributed by atoms with E-state index in [0.29, 0.717) is 52.5 Å². The molecule has 0 radical (unpaired) electrons. The van der Waals surface area contributed by atoms with E-state index in [2.05, 4.69) is 56.0 Å². The molecule has 4 heterocycles. The average molecular weight is 661 g/mol. The van der Waals surface area contributed by atoms with Crippen LogP contribution in [0.25, 0.3) is 0 Å². The van der Waals surface area contributed by atoms with Crippen molar-refractivity contribution in [3.63, 3.8) is 0 Å². The van der Waals surface area contributed by atoms with E-state index >= 15 is 0 Å². The highest BCUT2D eigenvalue weighted by molar-refractivity contribution is 6.30. The van der Waals surface area contributed by atoms with E-state index in [1.54, 1.807) is 7.11 Å². The lowest BCUT2D eigenvalue weighted by molar-refractivity contribution is -0.111. The predicted octanol–water partition coefficient (Wildman–Crippen LogP) is 5.88. The summed E-state index contributed by atoms with van der Waals surface area (Å²) in [4.78, 5) is 34.9. The highest BCUT2D eigenvalue weighted by atomic mass is 35.5. The van der Waals surface area contributed by atoms with Gasteiger partial charge in [0, 0.05) is 48.7 Å². The number of rotatable bonds is 10. The summed E-state index contributed by atoms with van der Waals surface area (Å²) in [7, 11) is 6.02. The molecule has 3 fully saturated rings. The Labute approximate surface area is 282 Å². The standard InChI is InChI=1S/C35H45ClN8O3/c1-5-35(45)40-28-20-29(39-33-22-34(38-23-37-33)44-30(13-18-47-44)24-7-6-8-25(36)19-24)32(46-4)21-31(28)43-16-11-27(12-17-43)42-14-9-26(10-15-42)41(2)3/h5-8,19-23,26-27,30H,1,9-18H2,2-4H3,(H,40,45)(H,37,38,39)/t30-/m1/s1. The van der Waals surface area contributed by atoms with Crippen molar-refractivity contribution in [1.29, 1.82) is 0 Å². The van der Waals surface area contributed by atoms with Crippen molar-refractivity contribution in [2.24, 2.45) is 0 Å². The molecule has 3 saturated heterocycles. The highest BCUT2D eigenvalue weighted by Gasteiger charge is 2.31. The van der Waals surface area contributed by atoms with Gasteiger partial charge in [-0.2, -0.15) is 0 Å². The molecule has 2 N–H and O–H groups in total. The predicted molar refractivity (Wildman–Crippen MR) is 188 cm³/mol. The number of methoxy groups -OCH3 is 1. The Balaban J connectivity index is 1.20. The zero-order valence-electron chi connectivity index (χ0n) is 27.5. The van der Waals surface area contributed by atoms with Crippen LogP contribution in [0.3, 0.4) is 0 Å². The Morgan fingerprint density at radius 2 is 1.83 bits per heavy atom. The number of amides is 1. The lowest BCUT2D eigenvalue weighted by Gasteiger charge is -2.43. The van der Waals surface area contributed by atoms with Gasteiger partial charge in [0.15, 0.2) is 5.82 Å². The number of aromatic nitrogens is 2. The molecule has 1 aromatic heterocycles. The van der Waals surface area contributed by atoms with Crippen molar-refractivity contribution < 1.29 is 14.4 Å². The number of carbonyl (C=O) groups is 1. The first-order valence-electron chi connectivity index (χ1n) is 16.4. The lowest BCUT2D eigenvalue weighted by atomic mass is 9.97. The summed E-state index contributed by atoms with van der Waals surface area (Å²) in [6.07, 6.45) is 8.18. The van der Waals surface area contributed by atoms with Crippen molar-refractivity contribution >= 4 is 46.2 Å².